The molecule has 1 amide bonds. The van der Waals surface area contributed by atoms with E-state index in [4.69, 9.17) is 15.6 Å². The summed E-state index contributed by atoms with van der Waals surface area (Å²) in [6.45, 7) is 1.98. The Kier molecular flexibility index (Phi) is 4.88. The third kappa shape index (κ3) is 3.23. The minimum absolute atomic E-state index is 0.491. The first-order chi connectivity index (χ1) is 8.92. The van der Waals surface area contributed by atoms with Gasteiger partial charge in [0, 0.05) is 7.05 Å². The van der Waals surface area contributed by atoms with Crippen molar-refractivity contribution in [3.63, 3.8) is 0 Å². The number of aliphatic carboxylic acids is 1. The quantitative estimate of drug-likeness (QED) is 0.763. The van der Waals surface area contributed by atoms with E-state index in [1.54, 1.807) is 12.1 Å². The first-order valence-electron chi connectivity index (χ1n) is 5.85. The number of ether oxygens (including phenoxy) is 1. The number of hydrogen-bond donors (Lipinski definition) is 2. The number of likely N-dealkylation sites (N-methyl/N-ethyl adjacent to an activating group) is 1. The van der Waals surface area contributed by atoms with Crippen molar-refractivity contribution in [2.75, 3.05) is 19.1 Å². The number of carboxylic acids is 1. The monoisotopic (exact) mass is 266 g/mol. The van der Waals surface area contributed by atoms with Gasteiger partial charge in [0.25, 0.3) is 5.91 Å². The number of nitrogens with zero attached hydrogens (tertiary/aromatic N) is 1. The zero-order chi connectivity index (χ0) is 14.6. The Balaban J connectivity index is 3.13. The second kappa shape index (κ2) is 6.19. The Morgan fingerprint density at radius 2 is 2.11 bits per heavy atom. The van der Waals surface area contributed by atoms with Gasteiger partial charge >= 0.3 is 5.97 Å². The zero-order valence-electron chi connectivity index (χ0n) is 11.2. The molecule has 1 aromatic rings. The maximum Gasteiger partial charge on any atom is 0.330 e. The molecule has 1 atom stereocenters. The number of rotatable bonds is 5. The summed E-state index contributed by atoms with van der Waals surface area (Å²) in [5.41, 5.74) is 6.85. The minimum atomic E-state index is -1.58. The number of aryl methyl sites for hydroxylation is 1. The van der Waals surface area contributed by atoms with Gasteiger partial charge in [-0.25, -0.2) is 4.79 Å². The lowest BCUT2D eigenvalue weighted by molar-refractivity contribution is -0.142. The van der Waals surface area contributed by atoms with Crippen molar-refractivity contribution < 1.29 is 19.4 Å². The summed E-state index contributed by atoms with van der Waals surface area (Å²) in [7, 11) is 2.96. The molecule has 0 heterocycles. The van der Waals surface area contributed by atoms with E-state index in [0.717, 1.165) is 12.0 Å². The van der Waals surface area contributed by atoms with Crippen LogP contribution in [0.25, 0.3) is 0 Å². The number of methoxy groups -OCH3 is 1. The van der Waals surface area contributed by atoms with E-state index < -0.39 is 17.9 Å². The van der Waals surface area contributed by atoms with Gasteiger partial charge in [-0.15, -0.1) is 0 Å². The standard InChI is InChI=1S/C13H18N2O4/c1-4-8-5-6-10(19-3)9(7-8)15(2)12(16)11(14)13(17)18/h5-7,11H,4,14H2,1-3H3,(H,17,18). The molecule has 0 radical (unpaired) electrons. The molecule has 0 fully saturated rings. The van der Waals surface area contributed by atoms with E-state index in [-0.39, 0.29) is 0 Å². The molecular formula is C13H18N2O4. The van der Waals surface area contributed by atoms with Crippen LogP contribution in [0.2, 0.25) is 0 Å². The number of amides is 1. The van der Waals surface area contributed by atoms with E-state index in [2.05, 4.69) is 0 Å². The number of carbonyl (C=O) groups excluding carboxylic acids is 1. The van der Waals surface area contributed by atoms with Crippen molar-refractivity contribution in [1.82, 2.24) is 0 Å². The molecule has 6 heteroatoms. The molecule has 0 aliphatic rings. The van der Waals surface area contributed by atoms with Crippen molar-refractivity contribution in [2.24, 2.45) is 5.73 Å². The highest BCUT2D eigenvalue weighted by atomic mass is 16.5. The second-order valence-corrected chi connectivity index (χ2v) is 4.07. The number of carboxylic acid groups (broad SMARTS) is 1. The highest BCUT2D eigenvalue weighted by molar-refractivity contribution is 6.09. The summed E-state index contributed by atoms with van der Waals surface area (Å²) >= 11 is 0. The first-order valence-corrected chi connectivity index (χ1v) is 5.85. The van der Waals surface area contributed by atoms with Crippen molar-refractivity contribution in [3.8, 4) is 5.75 Å². The van der Waals surface area contributed by atoms with Crippen LogP contribution in [0.4, 0.5) is 5.69 Å². The third-order valence-corrected chi connectivity index (χ3v) is 2.88. The topological polar surface area (TPSA) is 92.9 Å². The molecular weight excluding hydrogens is 248 g/mol. The number of benzene rings is 1. The minimum Gasteiger partial charge on any atom is -0.495 e. The molecule has 1 unspecified atom stereocenters. The van der Waals surface area contributed by atoms with Crippen molar-refractivity contribution in [2.45, 2.75) is 19.4 Å². The fourth-order valence-electron chi connectivity index (χ4n) is 1.65. The van der Waals surface area contributed by atoms with Gasteiger partial charge in [-0.1, -0.05) is 13.0 Å². The Morgan fingerprint density at radius 3 is 2.58 bits per heavy atom. The molecule has 104 valence electrons. The van der Waals surface area contributed by atoms with Crippen molar-refractivity contribution >= 4 is 17.6 Å². The van der Waals surface area contributed by atoms with Gasteiger partial charge < -0.3 is 20.5 Å². The Labute approximate surface area is 111 Å². The molecule has 0 aliphatic carbocycles. The number of carbonyl (C=O) groups is 2. The number of hydrogen-bond acceptors (Lipinski definition) is 4. The largest absolute Gasteiger partial charge is 0.495 e. The molecule has 0 aliphatic heterocycles. The molecule has 3 N–H and O–H groups in total. The predicted octanol–water partition coefficient (Wildman–Crippen LogP) is 0.632. The van der Waals surface area contributed by atoms with Gasteiger partial charge in [0.05, 0.1) is 12.8 Å². The number of nitrogens with two attached hydrogens (primary N) is 1. The predicted molar refractivity (Wildman–Crippen MR) is 71.4 cm³/mol. The van der Waals surface area contributed by atoms with Gasteiger partial charge in [0.1, 0.15) is 5.75 Å². The maximum atomic E-state index is 11.9. The van der Waals surface area contributed by atoms with Crippen LogP contribution in [0.5, 0.6) is 5.75 Å². The average Bonchev–Trinajstić information content (AvgIpc) is 2.43. The van der Waals surface area contributed by atoms with Gasteiger partial charge in [-0.2, -0.15) is 0 Å². The fourth-order valence-corrected chi connectivity index (χ4v) is 1.65. The molecule has 0 bridgehead atoms. The molecule has 0 aromatic heterocycles. The van der Waals surface area contributed by atoms with Gasteiger partial charge in [-0.3, -0.25) is 4.79 Å². The molecule has 19 heavy (non-hydrogen) atoms. The summed E-state index contributed by atoms with van der Waals surface area (Å²) in [6.07, 6.45) is 0.796. The van der Waals surface area contributed by atoms with Crippen LogP contribution in [0.15, 0.2) is 18.2 Å². The van der Waals surface area contributed by atoms with E-state index >= 15 is 0 Å². The normalized spacial score (nSPS) is 11.8. The SMILES string of the molecule is CCc1ccc(OC)c(N(C)C(=O)C(N)C(=O)O)c1. The molecule has 0 saturated heterocycles. The fraction of sp³-hybridized carbons (Fsp3) is 0.385. The maximum absolute atomic E-state index is 11.9. The van der Waals surface area contributed by atoms with Gasteiger partial charge in [-0.05, 0) is 24.1 Å². The van der Waals surface area contributed by atoms with Gasteiger partial charge in [0.15, 0.2) is 6.04 Å². The molecule has 6 nitrogen and oxygen atoms in total. The highest BCUT2D eigenvalue weighted by Crippen LogP contribution is 2.29. The smallest absolute Gasteiger partial charge is 0.330 e. The summed E-state index contributed by atoms with van der Waals surface area (Å²) in [4.78, 5) is 23.9. The van der Waals surface area contributed by atoms with Crippen molar-refractivity contribution in [1.29, 1.82) is 0 Å². The molecule has 0 saturated carbocycles. The van der Waals surface area contributed by atoms with Crippen LogP contribution < -0.4 is 15.4 Å². The summed E-state index contributed by atoms with van der Waals surface area (Å²) < 4.78 is 5.17. The summed E-state index contributed by atoms with van der Waals surface area (Å²) in [5, 5.41) is 8.77. The highest BCUT2D eigenvalue weighted by Gasteiger charge is 2.27. The average molecular weight is 266 g/mol. The van der Waals surface area contributed by atoms with E-state index in [0.29, 0.717) is 11.4 Å². The van der Waals surface area contributed by atoms with Crippen LogP contribution >= 0.6 is 0 Å². The Bertz CT molecular complexity index is 488. The van der Waals surface area contributed by atoms with Crippen LogP contribution in [0.1, 0.15) is 12.5 Å². The van der Waals surface area contributed by atoms with Crippen LogP contribution in [0, 0.1) is 0 Å². The lowest BCUT2D eigenvalue weighted by Gasteiger charge is -2.22. The van der Waals surface area contributed by atoms with Gasteiger partial charge in [0.2, 0.25) is 0 Å². The van der Waals surface area contributed by atoms with E-state index in [1.165, 1.54) is 19.1 Å². The summed E-state index contributed by atoms with van der Waals surface area (Å²) in [6, 6.07) is 3.83. The molecule has 0 spiro atoms. The lowest BCUT2D eigenvalue weighted by Crippen LogP contribution is -2.47. The molecule has 1 aromatic carbocycles. The Hall–Kier alpha value is -2.08. The lowest BCUT2D eigenvalue weighted by atomic mass is 10.1. The first kappa shape index (κ1) is 15.0. The summed E-state index contributed by atoms with van der Waals surface area (Å²) in [5.74, 6) is -1.56. The second-order valence-electron chi connectivity index (χ2n) is 4.07. The number of anilines is 1. The Morgan fingerprint density at radius 1 is 1.47 bits per heavy atom. The van der Waals surface area contributed by atoms with E-state index in [9.17, 15) is 9.59 Å². The third-order valence-electron chi connectivity index (χ3n) is 2.88. The van der Waals surface area contributed by atoms with Crippen LogP contribution in [0.3, 0.4) is 0 Å². The zero-order valence-corrected chi connectivity index (χ0v) is 11.2. The van der Waals surface area contributed by atoms with Crippen LogP contribution in [-0.2, 0) is 16.0 Å². The molecule has 1 rings (SSSR count). The van der Waals surface area contributed by atoms with Crippen molar-refractivity contribution in [3.05, 3.63) is 23.8 Å². The van der Waals surface area contributed by atoms with E-state index in [1.807, 2.05) is 13.0 Å². The van der Waals surface area contributed by atoms with Crippen LogP contribution in [-0.4, -0.2) is 37.2 Å².